The molecule has 224 valence electrons. The van der Waals surface area contributed by atoms with Gasteiger partial charge in [-0.3, -0.25) is 17.2 Å². The van der Waals surface area contributed by atoms with Crippen molar-refractivity contribution in [3.8, 4) is 23.0 Å². The average Bonchev–Trinajstić information content (AvgIpc) is 3.13. The molecule has 9 rings (SSSR count). The molecule has 2 aliphatic heterocycles. The summed E-state index contributed by atoms with van der Waals surface area (Å²) >= 11 is 0. The van der Waals surface area contributed by atoms with Crippen molar-refractivity contribution in [1.29, 1.82) is 0 Å². The van der Waals surface area contributed by atoms with Crippen molar-refractivity contribution in [3.63, 3.8) is 0 Å². The summed E-state index contributed by atoms with van der Waals surface area (Å²) in [7, 11) is 0. The van der Waals surface area contributed by atoms with E-state index >= 15 is 0 Å². The Morgan fingerprint density at radius 3 is 1.02 bits per heavy atom. The van der Waals surface area contributed by atoms with Crippen LogP contribution in [0, 0.1) is 24.3 Å². The fraction of sp³-hybridized carbons (Fsp3) is 0.0455. The van der Waals surface area contributed by atoms with Crippen molar-refractivity contribution in [2.45, 2.75) is 10.8 Å². The number of ether oxygens (including phenoxy) is 2. The first kappa shape index (κ1) is 32.9. The molecule has 7 aromatic rings. The molecule has 0 amide bonds. The van der Waals surface area contributed by atoms with Crippen LogP contribution in [0.15, 0.2) is 158 Å². The summed E-state index contributed by atoms with van der Waals surface area (Å²) in [4.78, 5) is 0. The summed E-state index contributed by atoms with van der Waals surface area (Å²) in [5, 5.41) is 0. The molecule has 0 aliphatic carbocycles. The molecular formula is C44H26O2Y2-4. The summed E-state index contributed by atoms with van der Waals surface area (Å²) in [6.07, 6.45) is 0. The SMILES string of the molecule is [Y].[Y].[c-]1ccccc1C1(c2[c-]c[c-]c(C3(c4[c-]cccc4)c4ccccc4Oc4ccccc43)c2)c2ccccc2Oc2ccccc21. The molecule has 0 atom stereocenters. The number of fused-ring (bicyclic) bond motifs is 4. The van der Waals surface area contributed by atoms with Crippen LogP contribution in [-0.4, -0.2) is 0 Å². The zero-order valence-corrected chi connectivity index (χ0v) is 31.7. The third-order valence-electron chi connectivity index (χ3n) is 9.38. The van der Waals surface area contributed by atoms with Crippen molar-refractivity contribution in [3.05, 3.63) is 226 Å². The van der Waals surface area contributed by atoms with Gasteiger partial charge in [-0.2, -0.15) is 60.7 Å². The minimum absolute atomic E-state index is 0. The second-order valence-corrected chi connectivity index (χ2v) is 11.6. The maximum Gasteiger partial charge on any atom is 0.132 e. The second-order valence-electron chi connectivity index (χ2n) is 11.6. The molecular weight excluding hydrogens is 738 g/mol. The van der Waals surface area contributed by atoms with Crippen LogP contribution in [-0.2, 0) is 76.2 Å². The summed E-state index contributed by atoms with van der Waals surface area (Å²) < 4.78 is 13.1. The van der Waals surface area contributed by atoms with E-state index < -0.39 is 10.8 Å². The molecule has 2 nitrogen and oxygen atoms in total. The fourth-order valence-corrected chi connectivity index (χ4v) is 7.55. The Bertz CT molecular complexity index is 1980. The standard InChI is InChI=1S/C44H26O2.2Y/c1-3-16-31(17-4-1)43(35-22-7-11-26-39(35)45-40-27-12-8-23-36(40)43)33-20-15-21-34(30-33)44(32-18-5-2-6-19-32)37-24-9-13-28-41(37)46-42-29-14-10-25-38(42)44;;/h1-16,18,22-30H;;/q-4;;. The third-order valence-corrected chi connectivity index (χ3v) is 9.38. The number of benzene rings is 7. The monoisotopic (exact) mass is 764 g/mol. The van der Waals surface area contributed by atoms with Crippen LogP contribution < -0.4 is 9.47 Å². The van der Waals surface area contributed by atoms with Crippen molar-refractivity contribution in [1.82, 2.24) is 0 Å². The molecule has 0 saturated carbocycles. The number of para-hydroxylation sites is 4. The molecule has 0 saturated heterocycles. The van der Waals surface area contributed by atoms with Crippen LogP contribution >= 0.6 is 0 Å². The van der Waals surface area contributed by atoms with E-state index in [9.17, 15) is 0 Å². The molecule has 0 aromatic heterocycles. The van der Waals surface area contributed by atoms with Gasteiger partial charge in [-0.15, -0.1) is 11.1 Å². The van der Waals surface area contributed by atoms with Crippen molar-refractivity contribution in [2.24, 2.45) is 0 Å². The third kappa shape index (κ3) is 4.84. The minimum Gasteiger partial charge on any atom is -0.457 e. The van der Waals surface area contributed by atoms with Gasteiger partial charge in [0.05, 0.1) is 0 Å². The van der Waals surface area contributed by atoms with Crippen LogP contribution in [0.4, 0.5) is 0 Å². The van der Waals surface area contributed by atoms with Gasteiger partial charge in [0.25, 0.3) is 0 Å². The van der Waals surface area contributed by atoms with E-state index in [1.165, 1.54) is 0 Å². The van der Waals surface area contributed by atoms with Gasteiger partial charge in [0, 0.05) is 98.5 Å². The Balaban J connectivity index is 0.00000182. The van der Waals surface area contributed by atoms with Crippen molar-refractivity contribution >= 4 is 0 Å². The number of rotatable bonds is 4. The Hall–Kier alpha value is -3.65. The molecule has 48 heavy (non-hydrogen) atoms. The molecule has 0 fully saturated rings. The van der Waals surface area contributed by atoms with E-state index in [0.29, 0.717) is 0 Å². The van der Waals surface area contributed by atoms with Gasteiger partial charge in [0.2, 0.25) is 0 Å². The van der Waals surface area contributed by atoms with Gasteiger partial charge in [-0.05, 0) is 24.3 Å². The van der Waals surface area contributed by atoms with E-state index in [1.54, 1.807) is 0 Å². The van der Waals surface area contributed by atoms with Gasteiger partial charge in [0.15, 0.2) is 0 Å². The van der Waals surface area contributed by atoms with Gasteiger partial charge >= 0.3 is 0 Å². The van der Waals surface area contributed by atoms with Crippen LogP contribution in [0.5, 0.6) is 23.0 Å². The topological polar surface area (TPSA) is 18.5 Å². The predicted octanol–water partition coefficient (Wildman–Crippen LogP) is 9.86. The molecule has 2 radical (unpaired) electrons. The van der Waals surface area contributed by atoms with Crippen LogP contribution in [0.1, 0.15) is 44.5 Å². The first-order valence-electron chi connectivity index (χ1n) is 15.4. The zero-order valence-electron chi connectivity index (χ0n) is 26.0. The predicted molar refractivity (Wildman–Crippen MR) is 179 cm³/mol. The summed E-state index contributed by atoms with van der Waals surface area (Å²) in [6, 6.07) is 68.5. The first-order valence-corrected chi connectivity index (χ1v) is 15.4. The van der Waals surface area contributed by atoms with E-state index in [-0.39, 0.29) is 65.4 Å². The number of hydrogen-bond acceptors (Lipinski definition) is 2. The summed E-state index contributed by atoms with van der Waals surface area (Å²) in [5.74, 6) is 3.26. The second kappa shape index (κ2) is 13.3. The van der Waals surface area contributed by atoms with Crippen LogP contribution in [0.25, 0.3) is 0 Å². The Kier molecular flexibility index (Phi) is 9.13. The quantitative estimate of drug-likeness (QED) is 0.166. The van der Waals surface area contributed by atoms with E-state index in [4.69, 9.17) is 9.47 Å². The molecule has 7 aromatic carbocycles. The van der Waals surface area contributed by atoms with Crippen molar-refractivity contribution in [2.75, 3.05) is 0 Å². The van der Waals surface area contributed by atoms with Crippen LogP contribution in [0.3, 0.4) is 0 Å². The molecule has 2 aliphatic rings. The normalized spacial score (nSPS) is 14.2. The summed E-state index contributed by atoms with van der Waals surface area (Å²) in [6.45, 7) is 0. The van der Waals surface area contributed by atoms with Crippen molar-refractivity contribution < 1.29 is 74.9 Å². The first-order chi connectivity index (χ1) is 22.8. The molecule has 0 spiro atoms. The minimum atomic E-state index is -0.762. The fourth-order valence-electron chi connectivity index (χ4n) is 7.55. The smallest absolute Gasteiger partial charge is 0.132 e. The maximum atomic E-state index is 6.55. The Morgan fingerprint density at radius 1 is 0.354 bits per heavy atom. The average molecular weight is 765 g/mol. The number of hydrogen-bond donors (Lipinski definition) is 0. The van der Waals surface area contributed by atoms with Gasteiger partial charge < -0.3 is 27.7 Å². The zero-order chi connectivity index (χ0) is 30.6. The largest absolute Gasteiger partial charge is 0.457 e. The Labute approximate surface area is 331 Å². The summed E-state index contributed by atoms with van der Waals surface area (Å²) in [5.41, 5.74) is 6.61. The molecule has 4 heteroatoms. The molecule has 2 heterocycles. The molecule has 0 N–H and O–H groups in total. The van der Waals surface area contributed by atoms with E-state index in [1.807, 2.05) is 78.9 Å². The Morgan fingerprint density at radius 2 is 0.688 bits per heavy atom. The van der Waals surface area contributed by atoms with Gasteiger partial charge in [0.1, 0.15) is 23.0 Å². The van der Waals surface area contributed by atoms with E-state index in [2.05, 4.69) is 103 Å². The van der Waals surface area contributed by atoms with E-state index in [0.717, 1.165) is 67.5 Å². The van der Waals surface area contributed by atoms with Crippen LogP contribution in [0.2, 0.25) is 0 Å². The van der Waals surface area contributed by atoms with Gasteiger partial charge in [-0.1, -0.05) is 72.8 Å². The van der Waals surface area contributed by atoms with Gasteiger partial charge in [-0.25, -0.2) is 0 Å². The maximum absolute atomic E-state index is 6.55. The molecule has 0 unspecified atom stereocenters. The molecule has 0 bridgehead atoms.